The van der Waals surface area contributed by atoms with Crippen LogP contribution >= 0.6 is 0 Å². The first kappa shape index (κ1) is 37.5. The number of benzene rings is 9. The maximum atomic E-state index is 6.33. The summed E-state index contributed by atoms with van der Waals surface area (Å²) in [5, 5.41) is 6.90. The van der Waals surface area contributed by atoms with E-state index >= 15 is 0 Å². The minimum absolute atomic E-state index is 0.455. The number of aromatic nitrogens is 5. The van der Waals surface area contributed by atoms with Crippen molar-refractivity contribution in [3.63, 3.8) is 0 Å². The van der Waals surface area contributed by atoms with Crippen molar-refractivity contribution in [3.8, 4) is 73.4 Å². The van der Waals surface area contributed by atoms with Crippen molar-refractivity contribution < 1.29 is 4.42 Å². The second-order valence-corrected chi connectivity index (χ2v) is 16.6. The lowest BCUT2D eigenvalue weighted by atomic mass is 9.98. The van der Waals surface area contributed by atoms with Crippen LogP contribution in [0.2, 0.25) is 0 Å². The Bertz CT molecular complexity index is 4000. The highest BCUT2D eigenvalue weighted by molar-refractivity contribution is 6.21. The topological polar surface area (TPSA) is 69.6 Å². The van der Waals surface area contributed by atoms with Crippen LogP contribution in [-0.4, -0.2) is 24.5 Å². The second kappa shape index (κ2) is 15.4. The molecule has 0 aliphatic heterocycles. The molecule has 4 aromatic heterocycles. The normalized spacial score (nSPS) is 11.6. The molecule has 0 spiro atoms. The molecule has 0 aliphatic carbocycles. The molecule has 0 atom stereocenters. The first-order valence-electron chi connectivity index (χ1n) is 22.1. The molecule has 0 saturated heterocycles. The van der Waals surface area contributed by atoms with Crippen molar-refractivity contribution in [3.05, 3.63) is 225 Å². The van der Waals surface area contributed by atoms with E-state index in [2.05, 4.69) is 187 Å². The highest BCUT2D eigenvalue weighted by atomic mass is 16.3. The first-order valence-corrected chi connectivity index (χ1v) is 22.1. The number of hydrogen-bond acceptors (Lipinski definition) is 5. The zero-order valence-corrected chi connectivity index (χ0v) is 35.5. The van der Waals surface area contributed by atoms with Crippen molar-refractivity contribution in [2.24, 2.45) is 0 Å². The van der Waals surface area contributed by atoms with Gasteiger partial charge in [0.1, 0.15) is 16.9 Å². The van der Waals surface area contributed by atoms with E-state index in [-0.39, 0.29) is 0 Å². The lowest BCUT2D eigenvalue weighted by molar-refractivity contribution is 0.668. The summed E-state index contributed by atoms with van der Waals surface area (Å²) < 4.78 is 8.71. The summed E-state index contributed by atoms with van der Waals surface area (Å²) in [5.74, 6) is 1.55. The molecular formula is C60H37N5O. The number of nitrogens with zero attached hydrogens (tertiary/aromatic N) is 5. The second-order valence-electron chi connectivity index (χ2n) is 16.6. The van der Waals surface area contributed by atoms with Gasteiger partial charge in [0, 0.05) is 50.6 Å². The fourth-order valence-corrected chi connectivity index (χ4v) is 9.57. The molecule has 0 N–H and O–H groups in total. The van der Waals surface area contributed by atoms with Gasteiger partial charge in [0.25, 0.3) is 0 Å². The average molecular weight is 844 g/mol. The molecule has 0 saturated carbocycles. The van der Waals surface area contributed by atoms with Gasteiger partial charge < -0.3 is 8.98 Å². The smallest absolute Gasteiger partial charge is 0.182 e. The molecular weight excluding hydrogens is 807 g/mol. The quantitative estimate of drug-likeness (QED) is 0.160. The summed E-state index contributed by atoms with van der Waals surface area (Å²) in [6.07, 6.45) is 1.86. The number of rotatable bonds is 7. The predicted molar refractivity (Wildman–Crippen MR) is 269 cm³/mol. The van der Waals surface area contributed by atoms with Crippen LogP contribution in [0.5, 0.6) is 0 Å². The molecule has 6 heteroatoms. The number of pyridine rings is 1. The van der Waals surface area contributed by atoms with Gasteiger partial charge in [-0.25, -0.2) is 15.0 Å². The Hall–Kier alpha value is -9.00. The van der Waals surface area contributed by atoms with Gasteiger partial charge in [-0.1, -0.05) is 176 Å². The summed E-state index contributed by atoms with van der Waals surface area (Å²) in [5.41, 5.74) is 13.8. The number of hydrogen-bond donors (Lipinski definition) is 0. The van der Waals surface area contributed by atoms with Gasteiger partial charge in [-0.05, 0) is 80.6 Å². The SMILES string of the molecule is c1ccc(-c2ccc(-c3cccc(-c4nc(-c5cc6oc7ccccc7c6cn5)nc(-c5ccccc5-c5cccc(-n6c7ccccc7c7c8ccccc8ccc76)c5)n4)c3)cc2)cc1. The van der Waals surface area contributed by atoms with Crippen LogP contribution in [0.1, 0.15) is 0 Å². The molecule has 0 amide bonds. The first-order chi connectivity index (χ1) is 32.7. The monoisotopic (exact) mass is 843 g/mol. The molecule has 66 heavy (non-hydrogen) atoms. The third-order valence-corrected chi connectivity index (χ3v) is 12.7. The van der Waals surface area contributed by atoms with E-state index in [0.29, 0.717) is 23.2 Å². The summed E-state index contributed by atoms with van der Waals surface area (Å²) >= 11 is 0. The highest BCUT2D eigenvalue weighted by Crippen LogP contribution is 2.40. The molecule has 0 unspecified atom stereocenters. The van der Waals surface area contributed by atoms with Crippen molar-refractivity contribution in [2.45, 2.75) is 0 Å². The van der Waals surface area contributed by atoms with Gasteiger partial charge >= 0.3 is 0 Å². The highest BCUT2D eigenvalue weighted by Gasteiger charge is 2.20. The van der Waals surface area contributed by atoms with Gasteiger partial charge in [-0.3, -0.25) is 4.98 Å². The predicted octanol–water partition coefficient (Wildman–Crippen LogP) is 15.4. The van der Waals surface area contributed by atoms with Gasteiger partial charge in [-0.15, -0.1) is 0 Å². The van der Waals surface area contributed by atoms with Gasteiger partial charge in [0.2, 0.25) is 0 Å². The maximum Gasteiger partial charge on any atom is 0.182 e. The Morgan fingerprint density at radius 3 is 1.86 bits per heavy atom. The molecule has 0 aliphatic rings. The fourth-order valence-electron chi connectivity index (χ4n) is 9.57. The fraction of sp³-hybridized carbons (Fsp3) is 0. The number of para-hydroxylation sites is 2. The zero-order chi connectivity index (χ0) is 43.6. The molecule has 0 bridgehead atoms. The lowest BCUT2D eigenvalue weighted by Gasteiger charge is -2.14. The molecule has 0 radical (unpaired) electrons. The van der Waals surface area contributed by atoms with E-state index in [0.717, 1.165) is 72.0 Å². The van der Waals surface area contributed by atoms with Crippen LogP contribution in [0.3, 0.4) is 0 Å². The van der Waals surface area contributed by atoms with Gasteiger partial charge in [-0.2, -0.15) is 0 Å². The van der Waals surface area contributed by atoms with Crippen molar-refractivity contribution >= 4 is 54.5 Å². The molecule has 4 heterocycles. The standard InChI is InChI=1S/C60H37N5O/c1-2-14-38(15-3-1)39-28-30-40(31-29-39)42-17-12-19-44(34-42)58-62-59(64-60(63-58)52-36-56-51(37-61-52)48-23-9-11-27-55(48)66-56)49-24-7-6-21-46(49)43-18-13-20-45(35-43)65-53-26-10-8-25-50(53)57-47-22-5-4-16-41(47)32-33-54(57)65/h1-37H. The van der Waals surface area contributed by atoms with Crippen molar-refractivity contribution in [1.29, 1.82) is 0 Å². The van der Waals surface area contributed by atoms with Crippen LogP contribution in [0.25, 0.3) is 128 Å². The van der Waals surface area contributed by atoms with E-state index in [4.69, 9.17) is 24.4 Å². The van der Waals surface area contributed by atoms with E-state index in [1.54, 1.807) is 0 Å². The molecule has 308 valence electrons. The molecule has 6 nitrogen and oxygen atoms in total. The van der Waals surface area contributed by atoms with Gasteiger partial charge in [0.05, 0.1) is 11.0 Å². The molecule has 13 rings (SSSR count). The van der Waals surface area contributed by atoms with Crippen LogP contribution in [0.4, 0.5) is 0 Å². The summed E-state index contributed by atoms with van der Waals surface area (Å²) in [6, 6.07) is 76.4. The van der Waals surface area contributed by atoms with Gasteiger partial charge in [0.15, 0.2) is 17.5 Å². The Morgan fingerprint density at radius 2 is 0.985 bits per heavy atom. The molecule has 9 aromatic carbocycles. The number of fused-ring (bicyclic) bond motifs is 8. The minimum Gasteiger partial charge on any atom is -0.456 e. The zero-order valence-electron chi connectivity index (χ0n) is 35.5. The van der Waals surface area contributed by atoms with E-state index in [9.17, 15) is 0 Å². The third kappa shape index (κ3) is 6.34. The maximum absolute atomic E-state index is 6.33. The van der Waals surface area contributed by atoms with E-state index < -0.39 is 0 Å². The van der Waals surface area contributed by atoms with E-state index in [1.807, 2.05) is 42.6 Å². The van der Waals surface area contributed by atoms with E-state index in [1.165, 1.54) is 32.7 Å². The average Bonchev–Trinajstić information content (AvgIpc) is 3.95. The Morgan fingerprint density at radius 1 is 0.348 bits per heavy atom. The third-order valence-electron chi connectivity index (χ3n) is 12.7. The summed E-state index contributed by atoms with van der Waals surface area (Å²) in [4.78, 5) is 20.6. The summed E-state index contributed by atoms with van der Waals surface area (Å²) in [7, 11) is 0. The number of furan rings is 1. The van der Waals surface area contributed by atoms with Crippen LogP contribution in [0.15, 0.2) is 229 Å². The Kier molecular flexibility index (Phi) is 8.74. The Balaban J connectivity index is 0.959. The van der Waals surface area contributed by atoms with Crippen LogP contribution < -0.4 is 0 Å². The lowest BCUT2D eigenvalue weighted by Crippen LogP contribution is -2.02. The Labute approximate surface area is 379 Å². The minimum atomic E-state index is 0.455. The molecule has 13 aromatic rings. The largest absolute Gasteiger partial charge is 0.456 e. The summed E-state index contributed by atoms with van der Waals surface area (Å²) in [6.45, 7) is 0. The van der Waals surface area contributed by atoms with Crippen molar-refractivity contribution in [2.75, 3.05) is 0 Å². The van der Waals surface area contributed by atoms with Crippen LogP contribution in [-0.2, 0) is 0 Å². The van der Waals surface area contributed by atoms with Crippen LogP contribution in [0, 0.1) is 0 Å². The van der Waals surface area contributed by atoms with Crippen molar-refractivity contribution in [1.82, 2.24) is 24.5 Å². The molecule has 0 fully saturated rings.